The smallest absolute Gasteiger partial charge is 0.0235 e. The highest BCUT2D eigenvalue weighted by molar-refractivity contribution is 5.19. The minimum Gasteiger partial charge on any atom is -0.0651 e. The second-order valence-corrected chi connectivity index (χ2v) is 15.2. The van der Waals surface area contributed by atoms with Crippen LogP contribution in [0, 0.1) is 62.6 Å². The van der Waals surface area contributed by atoms with Gasteiger partial charge in [0.25, 0.3) is 0 Å². The molecule has 5 aliphatic carbocycles. The lowest BCUT2D eigenvalue weighted by Crippen LogP contribution is -2.65. The van der Waals surface area contributed by atoms with Crippen LogP contribution in [-0.4, -0.2) is 0 Å². The molecule has 10 atom stereocenters. The molecule has 0 radical (unpaired) electrons. The normalized spacial score (nSPS) is 56.7. The maximum absolute atomic E-state index is 2.82. The van der Waals surface area contributed by atoms with Crippen LogP contribution >= 0.6 is 0 Å². The molecule has 0 unspecified atom stereocenters. The van der Waals surface area contributed by atoms with E-state index < -0.39 is 0 Å². The Labute approximate surface area is 195 Å². The minimum absolute atomic E-state index is 0.560. The van der Waals surface area contributed by atoms with Gasteiger partial charge in [-0.15, -0.1) is 0 Å². The van der Waals surface area contributed by atoms with Crippen LogP contribution in [0.4, 0.5) is 0 Å². The second kappa shape index (κ2) is 7.01. The first-order valence-electron chi connectivity index (χ1n) is 14.4. The molecule has 0 N–H and O–H groups in total. The number of fused-ring (bicyclic) bond motifs is 7. The molecule has 5 aliphatic rings. The van der Waals surface area contributed by atoms with Gasteiger partial charge in [-0.1, -0.05) is 68.2 Å². The molecule has 178 valence electrons. The second-order valence-electron chi connectivity index (χ2n) is 15.2. The molecule has 0 spiro atoms. The molecule has 5 rings (SSSR count). The van der Waals surface area contributed by atoms with Crippen LogP contribution in [0.3, 0.4) is 0 Å². The van der Waals surface area contributed by atoms with E-state index in [4.69, 9.17) is 0 Å². The van der Waals surface area contributed by atoms with E-state index in [1.54, 1.807) is 6.42 Å². The summed E-state index contributed by atoms with van der Waals surface area (Å²) in [7, 11) is 0. The molecule has 5 saturated carbocycles. The van der Waals surface area contributed by atoms with Crippen LogP contribution in [0.25, 0.3) is 0 Å². The van der Waals surface area contributed by atoms with Gasteiger partial charge in [0.1, 0.15) is 0 Å². The summed E-state index contributed by atoms with van der Waals surface area (Å²) in [6, 6.07) is 0. The predicted octanol–water partition coefficient (Wildman–Crippen LogP) is 9.52. The maximum Gasteiger partial charge on any atom is -0.0235 e. The van der Waals surface area contributed by atoms with Gasteiger partial charge in [0.15, 0.2) is 0 Å². The van der Waals surface area contributed by atoms with E-state index in [9.17, 15) is 0 Å². The van der Waals surface area contributed by atoms with Crippen LogP contribution in [0.1, 0.15) is 132 Å². The Kier molecular flexibility index (Phi) is 5.15. The van der Waals surface area contributed by atoms with E-state index in [1.165, 1.54) is 70.6 Å². The van der Waals surface area contributed by atoms with E-state index in [0.717, 1.165) is 35.5 Å². The van der Waals surface area contributed by atoms with Gasteiger partial charge in [-0.05, 0) is 127 Å². The summed E-state index contributed by atoms with van der Waals surface area (Å²) in [6.45, 7) is 21.4. The van der Waals surface area contributed by atoms with E-state index in [2.05, 4.69) is 55.4 Å². The number of hydrogen-bond donors (Lipinski definition) is 0. The van der Waals surface area contributed by atoms with E-state index >= 15 is 0 Å². The van der Waals surface area contributed by atoms with Crippen molar-refractivity contribution in [2.24, 2.45) is 62.6 Å². The van der Waals surface area contributed by atoms with Crippen molar-refractivity contribution in [3.05, 3.63) is 0 Å². The van der Waals surface area contributed by atoms with E-state index in [0.29, 0.717) is 27.1 Å². The summed E-state index contributed by atoms with van der Waals surface area (Å²) in [4.78, 5) is 0. The first-order valence-corrected chi connectivity index (χ1v) is 14.4. The average Bonchev–Trinajstić information content (AvgIpc) is 3.04. The third kappa shape index (κ3) is 2.78. The van der Waals surface area contributed by atoms with Crippen molar-refractivity contribution in [2.75, 3.05) is 0 Å². The van der Waals surface area contributed by atoms with Crippen LogP contribution in [0.5, 0.6) is 0 Å². The van der Waals surface area contributed by atoms with Crippen molar-refractivity contribution in [2.45, 2.75) is 132 Å². The first-order chi connectivity index (χ1) is 14.4. The molecule has 0 nitrogen and oxygen atoms in total. The van der Waals surface area contributed by atoms with Crippen molar-refractivity contribution >= 4 is 0 Å². The van der Waals surface area contributed by atoms with Crippen molar-refractivity contribution in [3.8, 4) is 0 Å². The maximum atomic E-state index is 2.82. The van der Waals surface area contributed by atoms with Gasteiger partial charge < -0.3 is 0 Å². The lowest BCUT2D eigenvalue weighted by molar-refractivity contribution is -0.241. The summed E-state index contributed by atoms with van der Waals surface area (Å²) >= 11 is 0. The van der Waals surface area contributed by atoms with Gasteiger partial charge in [0.2, 0.25) is 0 Å². The zero-order valence-electron chi connectivity index (χ0n) is 22.4. The zero-order chi connectivity index (χ0) is 22.4. The molecule has 0 aromatic rings. The number of hydrogen-bond acceptors (Lipinski definition) is 0. The van der Waals surface area contributed by atoms with Gasteiger partial charge in [0.05, 0.1) is 0 Å². The van der Waals surface area contributed by atoms with E-state index in [1.807, 2.05) is 0 Å². The lowest BCUT2D eigenvalue weighted by atomic mass is 9.32. The standard InChI is InChI=1S/C31H54/c1-9-21(2)22-13-18-28(5)23(22)14-19-30(7)25(28)11-12-26-29(6)17-10-16-27(3,4)24(29)15-20-31(26,30)8/h21-26H,9-20H2,1-8H3/t21-,22+,23-,24-,25+,26+,28-,29-,30+,31+/m0/s1. The van der Waals surface area contributed by atoms with Crippen LogP contribution in [0.2, 0.25) is 0 Å². The summed E-state index contributed by atoms with van der Waals surface area (Å²) in [5.74, 6) is 5.86. The third-order valence-corrected chi connectivity index (χ3v) is 14.1. The van der Waals surface area contributed by atoms with Crippen molar-refractivity contribution in [1.82, 2.24) is 0 Å². The fraction of sp³-hybridized carbons (Fsp3) is 1.00. The molecule has 31 heavy (non-hydrogen) atoms. The van der Waals surface area contributed by atoms with E-state index in [-0.39, 0.29) is 0 Å². The fourth-order valence-electron chi connectivity index (χ4n) is 12.3. The third-order valence-electron chi connectivity index (χ3n) is 14.1. The Morgan fingerprint density at radius 3 is 1.90 bits per heavy atom. The van der Waals surface area contributed by atoms with Crippen LogP contribution in [-0.2, 0) is 0 Å². The molecule has 0 bridgehead atoms. The molecule has 0 heteroatoms. The first kappa shape index (κ1) is 22.8. The Bertz CT molecular complexity index is 705. The van der Waals surface area contributed by atoms with Gasteiger partial charge in [-0.2, -0.15) is 0 Å². The van der Waals surface area contributed by atoms with Crippen molar-refractivity contribution < 1.29 is 0 Å². The Morgan fingerprint density at radius 1 is 0.645 bits per heavy atom. The Balaban J connectivity index is 1.50. The van der Waals surface area contributed by atoms with Gasteiger partial charge in [-0.25, -0.2) is 0 Å². The summed E-state index contributed by atoms with van der Waals surface area (Å²) in [6.07, 6.45) is 18.1. The van der Waals surface area contributed by atoms with Gasteiger partial charge in [-0.3, -0.25) is 0 Å². The molecule has 0 aliphatic heterocycles. The summed E-state index contributed by atoms with van der Waals surface area (Å²) in [5.41, 5.74) is 2.91. The SMILES string of the molecule is CC[C@H](C)[C@H]1CC[C@]2(C)[C@H]3CC[C@@H]4[C@@]5(C)CCCC(C)(C)[C@@H]5CC[C@@]4(C)[C@]3(C)CC[C@@H]12. The summed E-state index contributed by atoms with van der Waals surface area (Å²) < 4.78 is 0. The van der Waals surface area contributed by atoms with Crippen LogP contribution in [0.15, 0.2) is 0 Å². The molecule has 0 aromatic heterocycles. The molecule has 0 saturated heterocycles. The zero-order valence-corrected chi connectivity index (χ0v) is 22.4. The molecular weight excluding hydrogens is 372 g/mol. The van der Waals surface area contributed by atoms with Gasteiger partial charge >= 0.3 is 0 Å². The fourth-order valence-corrected chi connectivity index (χ4v) is 12.3. The van der Waals surface area contributed by atoms with Crippen LogP contribution < -0.4 is 0 Å². The molecule has 0 amide bonds. The summed E-state index contributed by atoms with van der Waals surface area (Å²) in [5, 5.41) is 0. The quantitative estimate of drug-likeness (QED) is 0.412. The number of rotatable bonds is 2. The Morgan fingerprint density at radius 2 is 1.26 bits per heavy atom. The average molecular weight is 427 g/mol. The molecule has 5 fully saturated rings. The Hall–Kier alpha value is 0. The topological polar surface area (TPSA) is 0 Å². The van der Waals surface area contributed by atoms with Gasteiger partial charge in [0, 0.05) is 0 Å². The largest absolute Gasteiger partial charge is 0.0651 e. The molecule has 0 heterocycles. The highest BCUT2D eigenvalue weighted by Gasteiger charge is 2.70. The minimum atomic E-state index is 0.560. The lowest BCUT2D eigenvalue weighted by Gasteiger charge is -2.73. The molecular formula is C31H54. The molecule has 0 aromatic carbocycles. The van der Waals surface area contributed by atoms with Crippen molar-refractivity contribution in [3.63, 3.8) is 0 Å². The predicted molar refractivity (Wildman–Crippen MR) is 134 cm³/mol. The van der Waals surface area contributed by atoms with Crippen molar-refractivity contribution in [1.29, 1.82) is 0 Å². The highest BCUT2D eigenvalue weighted by atomic mass is 14.7. The monoisotopic (exact) mass is 426 g/mol. The highest BCUT2D eigenvalue weighted by Crippen LogP contribution is 2.78.